The van der Waals surface area contributed by atoms with E-state index < -0.39 is 61.6 Å². The van der Waals surface area contributed by atoms with Crippen molar-refractivity contribution in [3.8, 4) is 0 Å². The summed E-state index contributed by atoms with van der Waals surface area (Å²) >= 11 is 0. The van der Waals surface area contributed by atoms with E-state index in [4.69, 9.17) is 32.5 Å². The molecule has 0 bridgehead atoms. The molecule has 0 radical (unpaired) electrons. The molecule has 160 valence electrons. The Kier molecular flexibility index (Phi) is 11.8. The lowest BCUT2D eigenvalue weighted by Gasteiger charge is -2.20. The molecule has 0 saturated heterocycles. The Hall–Kier alpha value is -2.97. The summed E-state index contributed by atoms with van der Waals surface area (Å²) in [6.07, 6.45) is 0.408. The van der Waals surface area contributed by atoms with Gasteiger partial charge in [-0.05, 0) is 12.8 Å². The fraction of sp³-hybridized carbons (Fsp3) is 0.643. The first kappa shape index (κ1) is 25.0. The van der Waals surface area contributed by atoms with Crippen molar-refractivity contribution in [2.75, 3.05) is 26.3 Å². The van der Waals surface area contributed by atoms with Gasteiger partial charge in [-0.3, -0.25) is 19.4 Å². The first-order chi connectivity index (χ1) is 13.1. The van der Waals surface area contributed by atoms with Gasteiger partial charge in [0.1, 0.15) is 18.1 Å². The molecule has 0 aromatic rings. The molecule has 0 aliphatic carbocycles. The molecule has 12 N–H and O–H groups in total. The van der Waals surface area contributed by atoms with Crippen LogP contribution in [0.5, 0.6) is 0 Å². The smallest absolute Gasteiger partial charge is 0.328 e. The molecule has 0 aromatic carbocycles. The number of nitrogens with zero attached hydrogens (tertiary/aromatic N) is 1. The Balaban J connectivity index is 4.79. The van der Waals surface area contributed by atoms with Crippen LogP contribution in [0, 0.1) is 0 Å². The van der Waals surface area contributed by atoms with Crippen molar-refractivity contribution < 1.29 is 34.5 Å². The monoisotopic (exact) mass is 405 g/mol. The number of aliphatic hydroxyl groups excluding tert-OH is 2. The van der Waals surface area contributed by atoms with Gasteiger partial charge in [0.25, 0.3) is 0 Å². The van der Waals surface area contributed by atoms with Gasteiger partial charge in [-0.25, -0.2) is 4.79 Å². The van der Waals surface area contributed by atoms with E-state index in [-0.39, 0.29) is 18.9 Å². The molecule has 0 aliphatic rings. The second-order valence-corrected chi connectivity index (χ2v) is 5.66. The van der Waals surface area contributed by atoms with Crippen LogP contribution < -0.4 is 33.2 Å². The minimum atomic E-state index is -1.51. The maximum atomic E-state index is 12.3. The van der Waals surface area contributed by atoms with Crippen molar-refractivity contribution in [1.82, 2.24) is 16.0 Å². The number of nitrogens with one attached hydrogen (secondary N) is 3. The maximum absolute atomic E-state index is 12.3. The average molecular weight is 405 g/mol. The summed E-state index contributed by atoms with van der Waals surface area (Å²) in [6, 6.07) is -3.85. The zero-order chi connectivity index (χ0) is 21.7. The summed E-state index contributed by atoms with van der Waals surface area (Å²) in [5.74, 6) is -3.95. The Bertz CT molecular complexity index is 580. The van der Waals surface area contributed by atoms with Gasteiger partial charge in [0.15, 0.2) is 5.96 Å². The van der Waals surface area contributed by atoms with Crippen LogP contribution in [0.15, 0.2) is 4.99 Å². The fourth-order valence-corrected chi connectivity index (χ4v) is 1.86. The first-order valence-corrected chi connectivity index (χ1v) is 8.25. The topological polar surface area (TPSA) is 255 Å². The number of aliphatic hydroxyl groups is 2. The molecule has 0 saturated carbocycles. The highest BCUT2D eigenvalue weighted by Gasteiger charge is 2.24. The lowest BCUT2D eigenvalue weighted by molar-refractivity contribution is -0.142. The number of rotatable bonds is 13. The molecule has 3 unspecified atom stereocenters. The molecule has 0 heterocycles. The third-order valence-corrected chi connectivity index (χ3v) is 3.35. The summed E-state index contributed by atoms with van der Waals surface area (Å²) in [7, 11) is 0. The van der Waals surface area contributed by atoms with Crippen LogP contribution in [0.3, 0.4) is 0 Å². The largest absolute Gasteiger partial charge is 0.480 e. The van der Waals surface area contributed by atoms with Gasteiger partial charge < -0.3 is 48.5 Å². The van der Waals surface area contributed by atoms with E-state index in [9.17, 15) is 19.2 Å². The van der Waals surface area contributed by atoms with E-state index in [1.54, 1.807) is 0 Å². The van der Waals surface area contributed by atoms with Gasteiger partial charge in [0, 0.05) is 6.54 Å². The molecule has 14 nitrogen and oxygen atoms in total. The van der Waals surface area contributed by atoms with Gasteiger partial charge in [0.2, 0.25) is 17.7 Å². The van der Waals surface area contributed by atoms with Crippen molar-refractivity contribution in [1.29, 1.82) is 0 Å². The molecule has 0 fully saturated rings. The number of guanidine groups is 1. The van der Waals surface area contributed by atoms with Crippen LogP contribution in [-0.4, -0.2) is 89.4 Å². The number of carbonyl (C=O) groups excluding carboxylic acids is 3. The second-order valence-electron chi connectivity index (χ2n) is 5.66. The quantitative estimate of drug-likeness (QED) is 0.0797. The molecule has 0 aliphatic heterocycles. The SMILES string of the molecule is NC(N)=NCCCC(NC(=O)C(N)CO)C(=O)NCC(=O)NC(CO)C(=O)O. The van der Waals surface area contributed by atoms with Gasteiger partial charge in [-0.15, -0.1) is 0 Å². The Morgan fingerprint density at radius 3 is 2.11 bits per heavy atom. The number of carboxylic acids is 1. The van der Waals surface area contributed by atoms with Crippen LogP contribution in [-0.2, 0) is 19.2 Å². The predicted molar refractivity (Wildman–Crippen MR) is 96.6 cm³/mol. The molecule has 28 heavy (non-hydrogen) atoms. The highest BCUT2D eigenvalue weighted by molar-refractivity contribution is 5.92. The van der Waals surface area contributed by atoms with Crippen molar-refractivity contribution in [2.45, 2.75) is 31.0 Å². The molecule has 0 aromatic heterocycles. The maximum Gasteiger partial charge on any atom is 0.328 e. The normalized spacial score (nSPS) is 13.5. The number of carbonyl (C=O) groups is 4. The van der Waals surface area contributed by atoms with Crippen LogP contribution >= 0.6 is 0 Å². The summed E-state index contributed by atoms with van der Waals surface area (Å²) in [4.78, 5) is 50.2. The van der Waals surface area contributed by atoms with Gasteiger partial charge in [-0.1, -0.05) is 0 Å². The van der Waals surface area contributed by atoms with E-state index in [1.165, 1.54) is 0 Å². The molecule has 3 amide bonds. The zero-order valence-electron chi connectivity index (χ0n) is 15.1. The Morgan fingerprint density at radius 2 is 1.61 bits per heavy atom. The third-order valence-electron chi connectivity index (χ3n) is 3.35. The van der Waals surface area contributed by atoms with E-state index in [0.717, 1.165) is 0 Å². The minimum absolute atomic E-state index is 0.0997. The van der Waals surface area contributed by atoms with E-state index in [1.807, 2.05) is 5.32 Å². The summed E-state index contributed by atoms with van der Waals surface area (Å²) in [5, 5.41) is 33.1. The van der Waals surface area contributed by atoms with Gasteiger partial charge >= 0.3 is 5.97 Å². The molecule has 0 spiro atoms. The average Bonchev–Trinajstić information content (AvgIpc) is 2.64. The Morgan fingerprint density at radius 1 is 0.964 bits per heavy atom. The molecular weight excluding hydrogens is 378 g/mol. The van der Waals surface area contributed by atoms with Crippen LogP contribution in [0.4, 0.5) is 0 Å². The lowest BCUT2D eigenvalue weighted by atomic mass is 10.1. The number of carboxylic acid groups (broad SMARTS) is 1. The lowest BCUT2D eigenvalue weighted by Crippen LogP contribution is -2.54. The second kappa shape index (κ2) is 13.2. The van der Waals surface area contributed by atoms with Crippen molar-refractivity contribution in [2.24, 2.45) is 22.2 Å². The number of aliphatic carboxylic acids is 1. The number of amides is 3. The van der Waals surface area contributed by atoms with Crippen LogP contribution in [0.2, 0.25) is 0 Å². The zero-order valence-corrected chi connectivity index (χ0v) is 15.1. The van der Waals surface area contributed by atoms with Crippen molar-refractivity contribution in [3.05, 3.63) is 0 Å². The Labute approximate surface area is 160 Å². The standard InChI is InChI=1S/C14H27N7O7/c15-7(5-22)11(25)21-8(2-1-3-18-14(16)17)12(26)19-4-10(24)20-9(6-23)13(27)28/h7-9,22-23H,1-6,15H2,(H,19,26)(H,20,24)(H,21,25)(H,27,28)(H4,16,17,18). The number of hydrogen-bond donors (Lipinski definition) is 9. The van der Waals surface area contributed by atoms with Crippen LogP contribution in [0.1, 0.15) is 12.8 Å². The highest BCUT2D eigenvalue weighted by Crippen LogP contribution is 1.99. The van der Waals surface area contributed by atoms with Gasteiger partial charge in [0.05, 0.1) is 19.8 Å². The van der Waals surface area contributed by atoms with E-state index in [0.29, 0.717) is 6.42 Å². The van der Waals surface area contributed by atoms with E-state index in [2.05, 4.69) is 15.6 Å². The first-order valence-electron chi connectivity index (χ1n) is 8.25. The summed E-state index contributed by atoms with van der Waals surface area (Å²) < 4.78 is 0. The summed E-state index contributed by atoms with van der Waals surface area (Å²) in [6.45, 7) is -1.86. The van der Waals surface area contributed by atoms with Gasteiger partial charge in [-0.2, -0.15) is 0 Å². The van der Waals surface area contributed by atoms with E-state index >= 15 is 0 Å². The van der Waals surface area contributed by atoms with Crippen molar-refractivity contribution >= 4 is 29.7 Å². The highest BCUT2D eigenvalue weighted by atomic mass is 16.4. The minimum Gasteiger partial charge on any atom is -0.480 e. The molecule has 3 atom stereocenters. The third kappa shape index (κ3) is 10.2. The fourth-order valence-electron chi connectivity index (χ4n) is 1.86. The number of aliphatic imine (C=N–C) groups is 1. The molecule has 14 heteroatoms. The number of hydrogen-bond acceptors (Lipinski definition) is 8. The van der Waals surface area contributed by atoms with Crippen molar-refractivity contribution in [3.63, 3.8) is 0 Å². The predicted octanol–water partition coefficient (Wildman–Crippen LogP) is -5.48. The molecule has 0 rings (SSSR count). The molecular formula is C14H27N7O7. The van der Waals surface area contributed by atoms with Crippen LogP contribution in [0.25, 0.3) is 0 Å². The number of nitrogens with two attached hydrogens (primary N) is 3. The summed E-state index contributed by atoms with van der Waals surface area (Å²) in [5.41, 5.74) is 15.8.